The molecule has 1 aliphatic heterocycles. The van der Waals surface area contributed by atoms with Crippen molar-refractivity contribution in [3.8, 4) is 0 Å². The number of pyridine rings is 1. The summed E-state index contributed by atoms with van der Waals surface area (Å²) in [7, 11) is 0. The largest absolute Gasteiger partial charge is 0.372 e. The van der Waals surface area contributed by atoms with Gasteiger partial charge in [-0.15, -0.1) is 0 Å². The molecule has 0 aromatic carbocycles. The first-order chi connectivity index (χ1) is 7.31. The summed E-state index contributed by atoms with van der Waals surface area (Å²) in [5.74, 6) is 0.0453. The quantitative estimate of drug-likeness (QED) is 0.793. The van der Waals surface area contributed by atoms with Crippen LogP contribution < -0.4 is 10.6 Å². The number of hydrogen-bond acceptors (Lipinski definition) is 3. The zero-order chi connectivity index (χ0) is 10.7. The molecular formula is C11H15N3O. The smallest absolute Gasteiger partial charge is 0.246 e. The number of carbonyl (C=O) groups is 1. The van der Waals surface area contributed by atoms with E-state index < -0.39 is 0 Å². The SMILES string of the molecule is CCCCC1Nc2ccncc2NC1=O. The number of aromatic nitrogens is 1. The molecule has 1 aromatic rings. The zero-order valence-electron chi connectivity index (χ0n) is 8.79. The molecule has 15 heavy (non-hydrogen) atoms. The van der Waals surface area contributed by atoms with Gasteiger partial charge in [-0.1, -0.05) is 19.8 Å². The summed E-state index contributed by atoms with van der Waals surface area (Å²) in [5, 5.41) is 6.08. The zero-order valence-corrected chi connectivity index (χ0v) is 8.79. The number of rotatable bonds is 3. The highest BCUT2D eigenvalue weighted by Gasteiger charge is 2.24. The summed E-state index contributed by atoms with van der Waals surface area (Å²) >= 11 is 0. The van der Waals surface area contributed by atoms with E-state index in [1.807, 2.05) is 6.07 Å². The van der Waals surface area contributed by atoms with E-state index in [0.29, 0.717) is 0 Å². The average Bonchev–Trinajstić information content (AvgIpc) is 2.26. The molecular weight excluding hydrogens is 190 g/mol. The maximum Gasteiger partial charge on any atom is 0.246 e. The third-order valence-electron chi connectivity index (χ3n) is 2.57. The Kier molecular flexibility index (Phi) is 2.85. The summed E-state index contributed by atoms with van der Waals surface area (Å²) in [4.78, 5) is 15.6. The maximum absolute atomic E-state index is 11.7. The molecule has 0 fully saturated rings. The van der Waals surface area contributed by atoms with E-state index >= 15 is 0 Å². The summed E-state index contributed by atoms with van der Waals surface area (Å²) in [6.45, 7) is 2.12. The van der Waals surface area contributed by atoms with Gasteiger partial charge in [0.1, 0.15) is 6.04 Å². The molecule has 0 spiro atoms. The van der Waals surface area contributed by atoms with Gasteiger partial charge in [0.15, 0.2) is 0 Å². The number of nitrogens with zero attached hydrogens (tertiary/aromatic N) is 1. The Bertz CT molecular complexity index is 365. The predicted molar refractivity (Wildman–Crippen MR) is 59.8 cm³/mol. The number of unbranched alkanes of at least 4 members (excludes halogenated alkanes) is 1. The fraction of sp³-hybridized carbons (Fsp3) is 0.455. The minimum absolute atomic E-state index is 0.0453. The molecule has 1 amide bonds. The van der Waals surface area contributed by atoms with Crippen LogP contribution in [0.25, 0.3) is 0 Å². The van der Waals surface area contributed by atoms with Gasteiger partial charge in [-0.25, -0.2) is 0 Å². The van der Waals surface area contributed by atoms with E-state index in [4.69, 9.17) is 0 Å². The molecule has 1 aromatic heterocycles. The molecule has 0 aliphatic carbocycles. The van der Waals surface area contributed by atoms with Gasteiger partial charge in [0.05, 0.1) is 17.6 Å². The van der Waals surface area contributed by atoms with Crippen LogP contribution in [0, 0.1) is 0 Å². The van der Waals surface area contributed by atoms with Gasteiger partial charge in [-0.3, -0.25) is 9.78 Å². The fourth-order valence-corrected chi connectivity index (χ4v) is 1.70. The molecule has 4 heteroatoms. The van der Waals surface area contributed by atoms with Crippen molar-refractivity contribution < 1.29 is 4.79 Å². The van der Waals surface area contributed by atoms with Crippen molar-refractivity contribution in [1.82, 2.24) is 4.98 Å². The van der Waals surface area contributed by atoms with Crippen molar-refractivity contribution in [2.24, 2.45) is 0 Å². The van der Waals surface area contributed by atoms with Crippen molar-refractivity contribution in [3.63, 3.8) is 0 Å². The van der Waals surface area contributed by atoms with Crippen LogP contribution in [0.2, 0.25) is 0 Å². The fourth-order valence-electron chi connectivity index (χ4n) is 1.70. The second-order valence-corrected chi connectivity index (χ2v) is 3.75. The van der Waals surface area contributed by atoms with Crippen LogP contribution in [0.15, 0.2) is 18.5 Å². The molecule has 4 nitrogen and oxygen atoms in total. The minimum Gasteiger partial charge on any atom is -0.372 e. The molecule has 0 saturated carbocycles. The first kappa shape index (κ1) is 9.96. The summed E-state index contributed by atoms with van der Waals surface area (Å²) in [6.07, 6.45) is 6.43. The molecule has 0 radical (unpaired) electrons. The van der Waals surface area contributed by atoms with Crippen molar-refractivity contribution in [1.29, 1.82) is 0 Å². The lowest BCUT2D eigenvalue weighted by Gasteiger charge is -2.26. The maximum atomic E-state index is 11.7. The minimum atomic E-state index is -0.0974. The van der Waals surface area contributed by atoms with E-state index in [0.717, 1.165) is 30.6 Å². The molecule has 1 unspecified atom stereocenters. The molecule has 2 N–H and O–H groups in total. The Balaban J connectivity index is 2.11. The van der Waals surface area contributed by atoms with Gasteiger partial charge in [-0.05, 0) is 12.5 Å². The first-order valence-electron chi connectivity index (χ1n) is 5.32. The van der Waals surface area contributed by atoms with Crippen LogP contribution in [0.5, 0.6) is 0 Å². The van der Waals surface area contributed by atoms with Crippen molar-refractivity contribution in [2.75, 3.05) is 10.6 Å². The van der Waals surface area contributed by atoms with Crippen molar-refractivity contribution in [2.45, 2.75) is 32.2 Å². The number of amides is 1. The van der Waals surface area contributed by atoms with Gasteiger partial charge < -0.3 is 10.6 Å². The van der Waals surface area contributed by atoms with E-state index in [-0.39, 0.29) is 11.9 Å². The van der Waals surface area contributed by atoms with Gasteiger partial charge >= 0.3 is 0 Å². The number of anilines is 2. The predicted octanol–water partition coefficient (Wildman–Crippen LogP) is 2.00. The Morgan fingerprint density at radius 1 is 1.47 bits per heavy atom. The van der Waals surface area contributed by atoms with Crippen LogP contribution in [-0.2, 0) is 4.79 Å². The van der Waals surface area contributed by atoms with Crippen LogP contribution in [0.3, 0.4) is 0 Å². The highest BCUT2D eigenvalue weighted by atomic mass is 16.2. The summed E-state index contributed by atoms with van der Waals surface area (Å²) in [5.41, 5.74) is 1.74. The number of fused-ring (bicyclic) bond motifs is 1. The van der Waals surface area contributed by atoms with Gasteiger partial charge in [0.2, 0.25) is 5.91 Å². The third kappa shape index (κ3) is 2.09. The van der Waals surface area contributed by atoms with Crippen LogP contribution in [-0.4, -0.2) is 16.9 Å². The molecule has 80 valence electrons. The lowest BCUT2D eigenvalue weighted by Crippen LogP contribution is -2.38. The Hall–Kier alpha value is -1.58. The van der Waals surface area contributed by atoms with Gasteiger partial charge in [0, 0.05) is 6.20 Å². The van der Waals surface area contributed by atoms with Crippen LogP contribution in [0.4, 0.5) is 11.4 Å². The summed E-state index contributed by atoms with van der Waals surface area (Å²) in [6, 6.07) is 1.79. The van der Waals surface area contributed by atoms with E-state index in [1.165, 1.54) is 0 Å². The molecule has 0 bridgehead atoms. The summed E-state index contributed by atoms with van der Waals surface area (Å²) < 4.78 is 0. The third-order valence-corrected chi connectivity index (χ3v) is 2.57. The molecule has 2 heterocycles. The second kappa shape index (κ2) is 4.29. The van der Waals surface area contributed by atoms with Crippen molar-refractivity contribution in [3.05, 3.63) is 18.5 Å². The Morgan fingerprint density at radius 2 is 2.33 bits per heavy atom. The number of nitrogens with one attached hydrogen (secondary N) is 2. The topological polar surface area (TPSA) is 54.0 Å². The van der Waals surface area contributed by atoms with Crippen molar-refractivity contribution >= 4 is 17.3 Å². The first-order valence-corrected chi connectivity index (χ1v) is 5.32. The Morgan fingerprint density at radius 3 is 3.13 bits per heavy atom. The van der Waals surface area contributed by atoms with E-state index in [9.17, 15) is 4.79 Å². The average molecular weight is 205 g/mol. The molecule has 1 atom stereocenters. The highest BCUT2D eigenvalue weighted by molar-refractivity contribution is 6.02. The van der Waals surface area contributed by atoms with E-state index in [1.54, 1.807) is 12.4 Å². The Labute approximate surface area is 89.1 Å². The monoisotopic (exact) mass is 205 g/mol. The number of carbonyl (C=O) groups excluding carboxylic acids is 1. The molecule has 0 saturated heterocycles. The lowest BCUT2D eigenvalue weighted by molar-refractivity contribution is -0.117. The van der Waals surface area contributed by atoms with Gasteiger partial charge in [0.25, 0.3) is 0 Å². The van der Waals surface area contributed by atoms with Crippen LogP contribution in [0.1, 0.15) is 26.2 Å². The number of hydrogen-bond donors (Lipinski definition) is 2. The lowest BCUT2D eigenvalue weighted by atomic mass is 10.1. The van der Waals surface area contributed by atoms with Crippen LogP contribution >= 0.6 is 0 Å². The standard InChI is InChI=1S/C11H15N3O/c1-2-3-4-9-11(15)14-10-7-12-6-5-8(10)13-9/h5-7,9,13H,2-4H2,1H3,(H,14,15). The molecule has 1 aliphatic rings. The highest BCUT2D eigenvalue weighted by Crippen LogP contribution is 2.26. The molecule has 2 rings (SSSR count). The van der Waals surface area contributed by atoms with Gasteiger partial charge in [-0.2, -0.15) is 0 Å². The second-order valence-electron chi connectivity index (χ2n) is 3.75. The normalized spacial score (nSPS) is 19.0. The van der Waals surface area contributed by atoms with E-state index in [2.05, 4.69) is 22.5 Å².